The van der Waals surface area contributed by atoms with Crippen LogP contribution in [0.3, 0.4) is 0 Å². The number of nitriles is 1. The van der Waals surface area contributed by atoms with Crippen molar-refractivity contribution in [2.45, 2.75) is 12.8 Å². The van der Waals surface area contributed by atoms with Gasteiger partial charge in [-0.3, -0.25) is 0 Å². The number of nitrogens with two attached hydrogens (primary N) is 1. The fraction of sp³-hybridized carbons (Fsp3) is 0.200. The zero-order valence-corrected chi connectivity index (χ0v) is 18.3. The maximum absolute atomic E-state index is 12.2. The van der Waals surface area contributed by atoms with Gasteiger partial charge in [0.15, 0.2) is 11.5 Å². The Morgan fingerprint density at radius 2 is 1.91 bits per heavy atom. The van der Waals surface area contributed by atoms with Crippen LogP contribution in [-0.2, 0) is 4.74 Å². The minimum atomic E-state index is -0.620. The molecule has 0 aliphatic carbocycles. The molecule has 1 heterocycles. The van der Waals surface area contributed by atoms with Gasteiger partial charge in [-0.1, -0.05) is 18.2 Å². The number of phenolic OH excluding ortho intramolecular Hbond substituents is 1. The zero-order chi connectivity index (χ0) is 23.7. The molecular weight excluding hydrogens is 424 g/mol. The Kier molecular flexibility index (Phi) is 5.71. The topological polar surface area (TPSA) is 124 Å². The minimum Gasteiger partial charge on any atom is -0.507 e. The molecular formula is C25H22N2O6. The van der Waals surface area contributed by atoms with Gasteiger partial charge in [0.25, 0.3) is 0 Å². The zero-order valence-electron chi connectivity index (χ0n) is 18.3. The van der Waals surface area contributed by atoms with E-state index in [0.29, 0.717) is 33.6 Å². The highest BCUT2D eigenvalue weighted by molar-refractivity contribution is 6.01. The fourth-order valence-corrected chi connectivity index (χ4v) is 4.02. The molecule has 0 fully saturated rings. The first kappa shape index (κ1) is 21.8. The molecule has 3 N–H and O–H groups in total. The van der Waals surface area contributed by atoms with Crippen LogP contribution in [0.2, 0.25) is 0 Å². The molecule has 0 saturated heterocycles. The lowest BCUT2D eigenvalue weighted by molar-refractivity contribution is 0.0523. The molecule has 0 radical (unpaired) electrons. The molecule has 8 heteroatoms. The maximum atomic E-state index is 12.2. The van der Waals surface area contributed by atoms with Crippen molar-refractivity contribution in [1.29, 1.82) is 5.26 Å². The Morgan fingerprint density at radius 3 is 2.58 bits per heavy atom. The highest BCUT2D eigenvalue weighted by atomic mass is 16.5. The van der Waals surface area contributed by atoms with Gasteiger partial charge in [-0.15, -0.1) is 0 Å². The van der Waals surface area contributed by atoms with Gasteiger partial charge in [-0.05, 0) is 42.1 Å². The SMILES string of the molecule is CCOC(=O)c1cc2ccc3c(c2cc1O)OC(N)=C(C#N)C3c1ccc(OC)c(OC)c1. The largest absolute Gasteiger partial charge is 0.507 e. The van der Waals surface area contributed by atoms with Crippen LogP contribution in [0.25, 0.3) is 10.8 Å². The van der Waals surface area contributed by atoms with Crippen LogP contribution >= 0.6 is 0 Å². The van der Waals surface area contributed by atoms with E-state index in [2.05, 4.69) is 6.07 Å². The Bertz CT molecular complexity index is 1340. The van der Waals surface area contributed by atoms with E-state index in [0.717, 1.165) is 5.56 Å². The summed E-state index contributed by atoms with van der Waals surface area (Å²) in [6.45, 7) is 1.88. The number of rotatable bonds is 5. The normalized spacial score (nSPS) is 14.8. The third kappa shape index (κ3) is 3.64. The van der Waals surface area contributed by atoms with E-state index in [1.165, 1.54) is 19.2 Å². The minimum absolute atomic E-state index is 0.0359. The number of carbonyl (C=O) groups excluding carboxylic acids is 1. The molecule has 1 unspecified atom stereocenters. The van der Waals surface area contributed by atoms with E-state index in [-0.39, 0.29) is 29.4 Å². The number of aromatic hydroxyl groups is 1. The number of phenols is 1. The molecule has 3 aromatic carbocycles. The van der Waals surface area contributed by atoms with Gasteiger partial charge in [0.05, 0.1) is 26.7 Å². The number of nitrogens with zero attached hydrogens (tertiary/aromatic N) is 1. The summed E-state index contributed by atoms with van der Waals surface area (Å²) >= 11 is 0. The van der Waals surface area contributed by atoms with Gasteiger partial charge in [0.1, 0.15) is 28.7 Å². The Morgan fingerprint density at radius 1 is 1.15 bits per heavy atom. The van der Waals surface area contributed by atoms with E-state index in [1.54, 1.807) is 32.2 Å². The summed E-state index contributed by atoms with van der Waals surface area (Å²) in [5.41, 5.74) is 7.89. The van der Waals surface area contributed by atoms with Crippen molar-refractivity contribution in [2.24, 2.45) is 5.73 Å². The van der Waals surface area contributed by atoms with Crippen LogP contribution < -0.4 is 19.9 Å². The van der Waals surface area contributed by atoms with Crippen molar-refractivity contribution >= 4 is 16.7 Å². The summed E-state index contributed by atoms with van der Waals surface area (Å²) in [4.78, 5) is 12.2. The van der Waals surface area contributed by atoms with Crippen molar-refractivity contribution in [3.8, 4) is 29.1 Å². The van der Waals surface area contributed by atoms with Crippen LogP contribution in [0.15, 0.2) is 53.9 Å². The number of hydrogen-bond acceptors (Lipinski definition) is 8. The van der Waals surface area contributed by atoms with Gasteiger partial charge < -0.3 is 29.8 Å². The molecule has 1 atom stereocenters. The second-order valence-corrected chi connectivity index (χ2v) is 7.33. The lowest BCUT2D eigenvalue weighted by atomic mass is 9.82. The van der Waals surface area contributed by atoms with E-state index in [1.807, 2.05) is 12.1 Å². The Balaban J connectivity index is 1.93. The van der Waals surface area contributed by atoms with E-state index in [4.69, 9.17) is 24.7 Å². The third-order valence-corrected chi connectivity index (χ3v) is 5.55. The lowest BCUT2D eigenvalue weighted by Crippen LogP contribution is -2.21. The van der Waals surface area contributed by atoms with Crippen molar-refractivity contribution in [3.63, 3.8) is 0 Å². The number of allylic oxidation sites excluding steroid dienone is 1. The quantitative estimate of drug-likeness (QED) is 0.565. The molecule has 33 heavy (non-hydrogen) atoms. The monoisotopic (exact) mass is 446 g/mol. The van der Waals surface area contributed by atoms with Crippen LogP contribution in [0.5, 0.6) is 23.0 Å². The molecule has 0 saturated carbocycles. The molecule has 3 aromatic rings. The molecule has 0 spiro atoms. The first-order valence-electron chi connectivity index (χ1n) is 10.2. The second-order valence-electron chi connectivity index (χ2n) is 7.33. The maximum Gasteiger partial charge on any atom is 0.341 e. The fourth-order valence-electron chi connectivity index (χ4n) is 4.02. The smallest absolute Gasteiger partial charge is 0.341 e. The number of ether oxygens (including phenoxy) is 4. The first-order chi connectivity index (χ1) is 15.9. The van der Waals surface area contributed by atoms with Gasteiger partial charge in [0.2, 0.25) is 5.88 Å². The predicted molar refractivity (Wildman–Crippen MR) is 120 cm³/mol. The number of carbonyl (C=O) groups is 1. The van der Waals surface area contributed by atoms with Gasteiger partial charge in [0, 0.05) is 10.9 Å². The molecule has 0 aromatic heterocycles. The molecule has 0 bridgehead atoms. The summed E-state index contributed by atoms with van der Waals surface area (Å²) in [7, 11) is 3.08. The predicted octanol–water partition coefficient (Wildman–Crippen LogP) is 3.96. The number of methoxy groups -OCH3 is 2. The van der Waals surface area contributed by atoms with Crippen molar-refractivity contribution in [2.75, 3.05) is 20.8 Å². The number of fused-ring (bicyclic) bond motifs is 3. The van der Waals surface area contributed by atoms with Gasteiger partial charge in [-0.2, -0.15) is 5.26 Å². The van der Waals surface area contributed by atoms with Crippen molar-refractivity contribution in [3.05, 3.63) is 70.6 Å². The molecule has 1 aliphatic rings. The summed E-state index contributed by atoms with van der Waals surface area (Å²) in [5, 5.41) is 21.5. The lowest BCUT2D eigenvalue weighted by Gasteiger charge is -2.28. The molecule has 4 rings (SSSR count). The van der Waals surface area contributed by atoms with E-state index >= 15 is 0 Å². The van der Waals surface area contributed by atoms with Gasteiger partial charge >= 0.3 is 5.97 Å². The average molecular weight is 446 g/mol. The van der Waals surface area contributed by atoms with E-state index in [9.17, 15) is 15.2 Å². The highest BCUT2D eigenvalue weighted by Crippen LogP contribution is 2.47. The van der Waals surface area contributed by atoms with Crippen LogP contribution in [-0.4, -0.2) is 31.9 Å². The molecule has 1 aliphatic heterocycles. The molecule has 8 nitrogen and oxygen atoms in total. The summed E-state index contributed by atoms with van der Waals surface area (Å²) < 4.78 is 21.6. The molecule has 168 valence electrons. The highest BCUT2D eigenvalue weighted by Gasteiger charge is 2.32. The summed E-state index contributed by atoms with van der Waals surface area (Å²) in [5.74, 6) is 0.0325. The van der Waals surface area contributed by atoms with Crippen LogP contribution in [0.1, 0.15) is 34.3 Å². The van der Waals surface area contributed by atoms with Crippen molar-refractivity contribution < 1.29 is 28.8 Å². The number of hydrogen-bond donors (Lipinski definition) is 2. The van der Waals surface area contributed by atoms with Crippen molar-refractivity contribution in [1.82, 2.24) is 0 Å². The number of esters is 1. The standard InChI is InChI=1S/C25H22N2O6/c1-4-32-25(29)17-9-13-5-7-15-22(14-6-8-20(30-2)21(10-14)31-3)18(12-26)24(27)33-23(15)16(13)11-19(17)28/h5-11,22,28H,4,27H2,1-3H3. The Labute approximate surface area is 190 Å². The average Bonchev–Trinajstić information content (AvgIpc) is 2.82. The van der Waals surface area contributed by atoms with Gasteiger partial charge in [-0.25, -0.2) is 4.79 Å². The van der Waals surface area contributed by atoms with Crippen LogP contribution in [0.4, 0.5) is 0 Å². The third-order valence-electron chi connectivity index (χ3n) is 5.55. The Hall–Kier alpha value is -4.38. The van der Waals surface area contributed by atoms with Crippen LogP contribution in [0, 0.1) is 11.3 Å². The first-order valence-corrected chi connectivity index (χ1v) is 10.2. The summed E-state index contributed by atoms with van der Waals surface area (Å²) in [6, 6.07) is 14.1. The second kappa shape index (κ2) is 8.63. The molecule has 0 amide bonds. The van der Waals surface area contributed by atoms with E-state index < -0.39 is 11.9 Å². The summed E-state index contributed by atoms with van der Waals surface area (Å²) in [6.07, 6.45) is 0. The number of benzene rings is 3.